The maximum absolute atomic E-state index is 13.3. The Kier molecular flexibility index (Phi) is 9.67. The van der Waals surface area contributed by atoms with Gasteiger partial charge in [0.25, 0.3) is 0 Å². The first kappa shape index (κ1) is 24.2. The normalized spacial score (nSPS) is 12.8. The van der Waals surface area contributed by atoms with Crippen LogP contribution in [0.4, 0.5) is 0 Å². The molecule has 2 atom stereocenters. The van der Waals surface area contributed by atoms with Crippen LogP contribution >= 0.6 is 23.2 Å². The van der Waals surface area contributed by atoms with Crippen LogP contribution in [0.2, 0.25) is 10.0 Å². The second-order valence-corrected chi connectivity index (χ2v) is 8.26. The molecular formula is C24H30Cl2N2O2. The molecule has 0 heterocycles. The number of aryl methyl sites for hydroxylation is 1. The minimum Gasteiger partial charge on any atom is -0.352 e. The number of rotatable bonds is 10. The van der Waals surface area contributed by atoms with Crippen LogP contribution in [0.25, 0.3) is 0 Å². The van der Waals surface area contributed by atoms with Crippen molar-refractivity contribution in [2.75, 3.05) is 0 Å². The van der Waals surface area contributed by atoms with Gasteiger partial charge in [-0.1, -0.05) is 73.4 Å². The molecule has 0 aromatic heterocycles. The highest BCUT2D eigenvalue weighted by Crippen LogP contribution is 2.27. The van der Waals surface area contributed by atoms with E-state index in [4.69, 9.17) is 23.2 Å². The van der Waals surface area contributed by atoms with Crippen molar-refractivity contribution in [1.29, 1.82) is 0 Å². The molecule has 1 N–H and O–H groups in total. The summed E-state index contributed by atoms with van der Waals surface area (Å²) in [5, 5.41) is 3.98. The van der Waals surface area contributed by atoms with Crippen LogP contribution in [-0.2, 0) is 22.6 Å². The fourth-order valence-electron chi connectivity index (χ4n) is 3.25. The lowest BCUT2D eigenvalue weighted by molar-refractivity contribution is -0.141. The van der Waals surface area contributed by atoms with Gasteiger partial charge in [-0.15, -0.1) is 0 Å². The van der Waals surface area contributed by atoms with Crippen molar-refractivity contribution in [3.8, 4) is 0 Å². The molecule has 30 heavy (non-hydrogen) atoms. The molecule has 0 fully saturated rings. The zero-order valence-electron chi connectivity index (χ0n) is 17.8. The molecule has 0 unspecified atom stereocenters. The van der Waals surface area contributed by atoms with Crippen molar-refractivity contribution in [3.63, 3.8) is 0 Å². The third-order valence-corrected chi connectivity index (χ3v) is 5.96. The van der Waals surface area contributed by atoms with E-state index in [9.17, 15) is 9.59 Å². The van der Waals surface area contributed by atoms with Gasteiger partial charge in [-0.3, -0.25) is 9.59 Å². The third kappa shape index (κ3) is 6.75. The number of hydrogen-bond acceptors (Lipinski definition) is 2. The van der Waals surface area contributed by atoms with Gasteiger partial charge in [0.15, 0.2) is 0 Å². The first-order valence-electron chi connectivity index (χ1n) is 10.4. The summed E-state index contributed by atoms with van der Waals surface area (Å²) in [4.78, 5) is 27.8. The van der Waals surface area contributed by atoms with E-state index < -0.39 is 6.04 Å². The smallest absolute Gasteiger partial charge is 0.243 e. The molecule has 162 valence electrons. The van der Waals surface area contributed by atoms with Gasteiger partial charge in [0, 0.05) is 34.6 Å². The third-order valence-electron chi connectivity index (χ3n) is 5.25. The Morgan fingerprint density at radius 3 is 2.17 bits per heavy atom. The van der Waals surface area contributed by atoms with Crippen molar-refractivity contribution in [3.05, 3.63) is 69.7 Å². The van der Waals surface area contributed by atoms with Crippen molar-refractivity contribution >= 4 is 35.0 Å². The summed E-state index contributed by atoms with van der Waals surface area (Å²) < 4.78 is 0. The lowest BCUT2D eigenvalue weighted by Crippen LogP contribution is -2.50. The number of hydrogen-bond donors (Lipinski definition) is 1. The minimum absolute atomic E-state index is 0.0386. The maximum atomic E-state index is 13.3. The zero-order chi connectivity index (χ0) is 22.1. The molecule has 2 aromatic rings. The average molecular weight is 449 g/mol. The van der Waals surface area contributed by atoms with Crippen LogP contribution in [0.1, 0.15) is 51.2 Å². The van der Waals surface area contributed by atoms with Gasteiger partial charge in [-0.25, -0.2) is 0 Å². The number of carbonyl (C=O) groups excluding carboxylic acids is 2. The highest BCUT2D eigenvalue weighted by atomic mass is 35.5. The largest absolute Gasteiger partial charge is 0.352 e. The highest BCUT2D eigenvalue weighted by molar-refractivity contribution is 6.36. The van der Waals surface area contributed by atoms with Crippen molar-refractivity contribution < 1.29 is 9.59 Å². The number of carbonyl (C=O) groups is 2. The maximum Gasteiger partial charge on any atom is 0.243 e. The van der Waals surface area contributed by atoms with Crippen molar-refractivity contribution in [1.82, 2.24) is 10.2 Å². The van der Waals surface area contributed by atoms with Crippen LogP contribution < -0.4 is 5.32 Å². The predicted octanol–water partition coefficient (Wildman–Crippen LogP) is 5.65. The van der Waals surface area contributed by atoms with E-state index in [1.807, 2.05) is 51.1 Å². The second kappa shape index (κ2) is 12.0. The number of amides is 2. The molecule has 2 amide bonds. The van der Waals surface area contributed by atoms with Gasteiger partial charge in [0.1, 0.15) is 6.04 Å². The average Bonchev–Trinajstić information content (AvgIpc) is 2.74. The van der Waals surface area contributed by atoms with Gasteiger partial charge in [-0.2, -0.15) is 0 Å². The summed E-state index contributed by atoms with van der Waals surface area (Å²) >= 11 is 12.7. The van der Waals surface area contributed by atoms with E-state index in [-0.39, 0.29) is 24.4 Å². The van der Waals surface area contributed by atoms with E-state index >= 15 is 0 Å². The zero-order valence-corrected chi connectivity index (χ0v) is 19.3. The van der Waals surface area contributed by atoms with E-state index in [1.54, 1.807) is 23.1 Å². The number of halogens is 2. The lowest BCUT2D eigenvalue weighted by Gasteiger charge is -2.32. The van der Waals surface area contributed by atoms with Crippen LogP contribution in [0, 0.1) is 0 Å². The quantitative estimate of drug-likeness (QED) is 0.510. The van der Waals surface area contributed by atoms with Crippen molar-refractivity contribution in [2.45, 2.75) is 65.1 Å². The Labute approximate surface area is 189 Å². The SMILES string of the molecule is CC[C@H](C(=O)N[C@@H](C)CC)N(Cc1c(Cl)cccc1Cl)C(=O)CCc1ccccc1. The summed E-state index contributed by atoms with van der Waals surface area (Å²) in [6, 6.07) is 14.6. The molecular weight excluding hydrogens is 419 g/mol. The topological polar surface area (TPSA) is 49.4 Å². The van der Waals surface area contributed by atoms with E-state index in [0.717, 1.165) is 12.0 Å². The standard InChI is InChI=1S/C24H30Cl2N2O2/c1-4-17(3)27-24(30)22(5-2)28(16-19-20(25)12-9-13-21(19)26)23(29)15-14-18-10-7-6-8-11-18/h6-13,17,22H,4-5,14-16H2,1-3H3,(H,27,30)/t17-,22+/m0/s1. The van der Waals surface area contributed by atoms with Gasteiger partial charge < -0.3 is 10.2 Å². The van der Waals surface area contributed by atoms with E-state index in [1.165, 1.54) is 0 Å². The molecule has 0 aliphatic heterocycles. The summed E-state index contributed by atoms with van der Waals surface area (Å²) in [6.45, 7) is 6.07. The number of nitrogens with one attached hydrogen (secondary N) is 1. The van der Waals surface area contributed by atoms with Gasteiger partial charge in [0.05, 0.1) is 0 Å². The summed E-state index contributed by atoms with van der Waals surface area (Å²) in [7, 11) is 0. The predicted molar refractivity (Wildman–Crippen MR) is 124 cm³/mol. The Balaban J connectivity index is 2.27. The van der Waals surface area contributed by atoms with Crippen LogP contribution in [0.5, 0.6) is 0 Å². The molecule has 0 saturated carbocycles. The first-order chi connectivity index (χ1) is 14.4. The molecule has 4 nitrogen and oxygen atoms in total. The molecule has 0 bridgehead atoms. The van der Waals surface area contributed by atoms with Gasteiger partial charge in [0.2, 0.25) is 11.8 Å². The number of benzene rings is 2. The molecule has 2 rings (SSSR count). The molecule has 0 saturated heterocycles. The van der Waals surface area contributed by atoms with Crippen molar-refractivity contribution in [2.24, 2.45) is 0 Å². The van der Waals surface area contributed by atoms with Crippen LogP contribution in [-0.4, -0.2) is 28.8 Å². The molecule has 6 heteroatoms. The fraction of sp³-hybridized carbons (Fsp3) is 0.417. The molecule has 2 aromatic carbocycles. The minimum atomic E-state index is -0.588. The summed E-state index contributed by atoms with van der Waals surface area (Å²) in [6.07, 6.45) is 2.23. The molecule has 0 aliphatic carbocycles. The van der Waals surface area contributed by atoms with Crippen LogP contribution in [0.15, 0.2) is 48.5 Å². The van der Waals surface area contributed by atoms with E-state index in [0.29, 0.717) is 34.9 Å². The summed E-state index contributed by atoms with van der Waals surface area (Å²) in [5.41, 5.74) is 1.74. The Hall–Kier alpha value is -2.04. The van der Waals surface area contributed by atoms with E-state index in [2.05, 4.69) is 5.32 Å². The Bertz CT molecular complexity index is 822. The molecule has 0 radical (unpaired) electrons. The first-order valence-corrected chi connectivity index (χ1v) is 11.2. The second-order valence-electron chi connectivity index (χ2n) is 7.45. The monoisotopic (exact) mass is 448 g/mol. The summed E-state index contributed by atoms with van der Waals surface area (Å²) in [5.74, 6) is -0.246. The highest BCUT2D eigenvalue weighted by Gasteiger charge is 2.30. The number of nitrogens with zero attached hydrogens (tertiary/aromatic N) is 1. The molecule has 0 spiro atoms. The van der Waals surface area contributed by atoms with Gasteiger partial charge in [-0.05, 0) is 43.9 Å². The molecule has 0 aliphatic rings. The van der Waals surface area contributed by atoms with Gasteiger partial charge >= 0.3 is 0 Å². The Morgan fingerprint density at radius 2 is 1.60 bits per heavy atom. The lowest BCUT2D eigenvalue weighted by atomic mass is 10.1. The fourth-order valence-corrected chi connectivity index (χ4v) is 3.77. The van der Waals surface area contributed by atoms with Crippen LogP contribution in [0.3, 0.4) is 0 Å². The Morgan fingerprint density at radius 1 is 0.967 bits per heavy atom.